The van der Waals surface area contributed by atoms with Gasteiger partial charge in [-0.2, -0.15) is 0 Å². The summed E-state index contributed by atoms with van der Waals surface area (Å²) in [4.78, 5) is 13.3. The molecule has 0 aromatic rings. The second-order valence-electron chi connectivity index (χ2n) is 3.72. The van der Waals surface area contributed by atoms with Crippen molar-refractivity contribution in [2.75, 3.05) is 20.1 Å². The van der Waals surface area contributed by atoms with Crippen LogP contribution in [0.2, 0.25) is 0 Å². The minimum Gasteiger partial charge on any atom is -0.341 e. The van der Waals surface area contributed by atoms with E-state index in [1.54, 1.807) is 11.8 Å². The maximum absolute atomic E-state index is 11.5. The minimum absolute atomic E-state index is 0.0481. The molecule has 0 spiro atoms. The van der Waals surface area contributed by atoms with Gasteiger partial charge < -0.3 is 16.0 Å². The third-order valence-electron chi connectivity index (χ3n) is 2.59. The van der Waals surface area contributed by atoms with Gasteiger partial charge >= 0.3 is 0 Å². The van der Waals surface area contributed by atoms with E-state index in [4.69, 9.17) is 5.73 Å². The number of nitrogens with two attached hydrogens (primary N) is 1. The summed E-state index contributed by atoms with van der Waals surface area (Å²) in [6.45, 7) is 3.74. The van der Waals surface area contributed by atoms with E-state index in [1.165, 1.54) is 0 Å². The van der Waals surface area contributed by atoms with Gasteiger partial charge in [0, 0.05) is 13.1 Å². The van der Waals surface area contributed by atoms with Crippen molar-refractivity contribution in [3.05, 3.63) is 0 Å². The topological polar surface area (TPSA) is 58.4 Å². The van der Waals surface area contributed by atoms with Crippen LogP contribution in [0.4, 0.5) is 0 Å². The highest BCUT2D eigenvalue weighted by atomic mass is 16.2. The van der Waals surface area contributed by atoms with E-state index < -0.39 is 0 Å². The molecule has 0 aromatic carbocycles. The maximum Gasteiger partial charge on any atom is 0.239 e. The molecule has 0 bridgehead atoms. The summed E-state index contributed by atoms with van der Waals surface area (Å²) in [6.07, 6.45) is 2.07. The van der Waals surface area contributed by atoms with E-state index in [1.807, 2.05) is 7.05 Å². The number of nitrogens with one attached hydrogen (secondary N) is 1. The molecule has 76 valence electrons. The second-order valence-corrected chi connectivity index (χ2v) is 3.72. The Kier molecular flexibility index (Phi) is 3.69. The second kappa shape index (κ2) is 4.58. The first kappa shape index (κ1) is 10.5. The van der Waals surface area contributed by atoms with Crippen molar-refractivity contribution in [3.8, 4) is 0 Å². The van der Waals surface area contributed by atoms with Crippen molar-refractivity contribution in [2.45, 2.75) is 31.8 Å². The molecule has 1 aliphatic rings. The largest absolute Gasteiger partial charge is 0.341 e. The van der Waals surface area contributed by atoms with Crippen LogP contribution in [-0.4, -0.2) is 43.0 Å². The molecule has 1 aliphatic heterocycles. The molecule has 1 amide bonds. The zero-order valence-corrected chi connectivity index (χ0v) is 8.42. The molecule has 1 saturated heterocycles. The van der Waals surface area contributed by atoms with Crippen LogP contribution in [-0.2, 0) is 4.79 Å². The average molecular weight is 185 g/mol. The van der Waals surface area contributed by atoms with Gasteiger partial charge in [0.2, 0.25) is 5.91 Å². The first-order chi connectivity index (χ1) is 6.13. The van der Waals surface area contributed by atoms with Gasteiger partial charge in [-0.3, -0.25) is 4.79 Å². The van der Waals surface area contributed by atoms with Gasteiger partial charge in [-0.25, -0.2) is 0 Å². The van der Waals surface area contributed by atoms with E-state index in [9.17, 15) is 4.79 Å². The summed E-state index contributed by atoms with van der Waals surface area (Å²) in [5, 5.41) is 3.27. The van der Waals surface area contributed by atoms with Crippen LogP contribution < -0.4 is 11.1 Å². The molecule has 1 unspecified atom stereocenters. The Morgan fingerprint density at radius 1 is 1.54 bits per heavy atom. The van der Waals surface area contributed by atoms with Crippen LogP contribution in [0.3, 0.4) is 0 Å². The lowest BCUT2D eigenvalue weighted by atomic mass is 10.0. The molecular weight excluding hydrogens is 166 g/mol. The van der Waals surface area contributed by atoms with Crippen molar-refractivity contribution >= 4 is 5.91 Å². The van der Waals surface area contributed by atoms with Crippen molar-refractivity contribution in [1.82, 2.24) is 10.2 Å². The fourth-order valence-corrected chi connectivity index (χ4v) is 1.70. The highest BCUT2D eigenvalue weighted by Crippen LogP contribution is 2.10. The minimum atomic E-state index is -0.375. The first-order valence-electron chi connectivity index (χ1n) is 4.86. The number of carbonyl (C=O) groups is 1. The molecule has 3 N–H and O–H groups in total. The SMILES string of the molecule is CC(N)C(=O)N(C)C1CCNCC1. The molecule has 4 heteroatoms. The molecule has 0 saturated carbocycles. The third-order valence-corrected chi connectivity index (χ3v) is 2.59. The normalized spacial score (nSPS) is 21.2. The van der Waals surface area contributed by atoms with E-state index in [0.29, 0.717) is 6.04 Å². The standard InChI is InChI=1S/C9H19N3O/c1-7(10)9(13)12(2)8-3-5-11-6-4-8/h7-8,11H,3-6,10H2,1-2H3. The Morgan fingerprint density at radius 3 is 2.54 bits per heavy atom. The predicted molar refractivity (Wildman–Crippen MR) is 52.3 cm³/mol. The van der Waals surface area contributed by atoms with Crippen LogP contribution in [0, 0.1) is 0 Å². The molecule has 0 radical (unpaired) electrons. The molecule has 1 atom stereocenters. The summed E-state index contributed by atoms with van der Waals surface area (Å²) < 4.78 is 0. The summed E-state index contributed by atoms with van der Waals surface area (Å²) >= 11 is 0. The summed E-state index contributed by atoms with van der Waals surface area (Å²) in [5.74, 6) is 0.0481. The Hall–Kier alpha value is -0.610. The van der Waals surface area contributed by atoms with Gasteiger partial charge in [0.15, 0.2) is 0 Å². The van der Waals surface area contributed by atoms with Gasteiger partial charge in [0.05, 0.1) is 6.04 Å². The Labute approximate surface area is 79.5 Å². The number of carbonyl (C=O) groups excluding carboxylic acids is 1. The lowest BCUT2D eigenvalue weighted by Gasteiger charge is -2.32. The van der Waals surface area contributed by atoms with E-state index in [-0.39, 0.29) is 11.9 Å². The predicted octanol–water partition coefficient (Wildman–Crippen LogP) is -0.456. The summed E-state index contributed by atoms with van der Waals surface area (Å²) in [5.41, 5.74) is 5.54. The van der Waals surface area contributed by atoms with E-state index in [2.05, 4.69) is 5.32 Å². The monoisotopic (exact) mass is 185 g/mol. The lowest BCUT2D eigenvalue weighted by Crippen LogP contribution is -2.48. The lowest BCUT2D eigenvalue weighted by molar-refractivity contribution is -0.133. The smallest absolute Gasteiger partial charge is 0.239 e. The van der Waals surface area contributed by atoms with Crippen molar-refractivity contribution in [1.29, 1.82) is 0 Å². The zero-order valence-electron chi connectivity index (χ0n) is 8.42. The molecule has 4 nitrogen and oxygen atoms in total. The third kappa shape index (κ3) is 2.67. The van der Waals surface area contributed by atoms with Crippen LogP contribution >= 0.6 is 0 Å². The highest BCUT2D eigenvalue weighted by molar-refractivity contribution is 5.81. The molecule has 1 rings (SSSR count). The maximum atomic E-state index is 11.5. The van der Waals surface area contributed by atoms with Gasteiger partial charge in [0.25, 0.3) is 0 Å². The van der Waals surface area contributed by atoms with E-state index >= 15 is 0 Å². The summed E-state index contributed by atoms with van der Waals surface area (Å²) in [6, 6.07) is -0.000337. The van der Waals surface area contributed by atoms with Crippen LogP contribution in [0.25, 0.3) is 0 Å². The molecule has 1 fully saturated rings. The van der Waals surface area contributed by atoms with Crippen LogP contribution in [0.15, 0.2) is 0 Å². The molecule has 1 heterocycles. The van der Waals surface area contributed by atoms with Gasteiger partial charge in [0.1, 0.15) is 0 Å². The van der Waals surface area contributed by atoms with Crippen molar-refractivity contribution in [2.24, 2.45) is 5.73 Å². The summed E-state index contributed by atoms with van der Waals surface area (Å²) in [7, 11) is 1.85. The quantitative estimate of drug-likeness (QED) is 0.612. The number of nitrogens with zero attached hydrogens (tertiary/aromatic N) is 1. The number of amides is 1. The first-order valence-corrected chi connectivity index (χ1v) is 4.86. The van der Waals surface area contributed by atoms with Gasteiger partial charge in [-0.1, -0.05) is 0 Å². The van der Waals surface area contributed by atoms with Crippen LogP contribution in [0.5, 0.6) is 0 Å². The Balaban J connectivity index is 2.45. The fourth-order valence-electron chi connectivity index (χ4n) is 1.70. The van der Waals surface area contributed by atoms with Crippen molar-refractivity contribution in [3.63, 3.8) is 0 Å². The van der Waals surface area contributed by atoms with Gasteiger partial charge in [-0.15, -0.1) is 0 Å². The highest BCUT2D eigenvalue weighted by Gasteiger charge is 2.23. The van der Waals surface area contributed by atoms with E-state index in [0.717, 1.165) is 25.9 Å². The molecule has 13 heavy (non-hydrogen) atoms. The zero-order chi connectivity index (χ0) is 9.84. The number of hydrogen-bond acceptors (Lipinski definition) is 3. The number of rotatable bonds is 2. The molecular formula is C9H19N3O. The molecule has 0 aliphatic carbocycles. The molecule has 0 aromatic heterocycles. The fraction of sp³-hybridized carbons (Fsp3) is 0.889. The van der Waals surface area contributed by atoms with Gasteiger partial charge in [-0.05, 0) is 32.9 Å². The van der Waals surface area contributed by atoms with Crippen LogP contribution in [0.1, 0.15) is 19.8 Å². The Bertz CT molecular complexity index is 176. The van der Waals surface area contributed by atoms with Crippen molar-refractivity contribution < 1.29 is 4.79 Å². The Morgan fingerprint density at radius 2 is 2.08 bits per heavy atom. The number of likely N-dealkylation sites (N-methyl/N-ethyl adjacent to an activating group) is 1. The number of hydrogen-bond donors (Lipinski definition) is 2. The average Bonchev–Trinajstić information content (AvgIpc) is 2.17. The number of piperidine rings is 1.